The summed E-state index contributed by atoms with van der Waals surface area (Å²) in [6, 6.07) is 6.28. The Morgan fingerprint density at radius 1 is 1.24 bits per heavy atom. The fourth-order valence-electron chi connectivity index (χ4n) is 1.75. The number of hydrogen-bond donors (Lipinski definition) is 1. The van der Waals surface area contributed by atoms with Crippen molar-refractivity contribution in [3.63, 3.8) is 0 Å². The minimum absolute atomic E-state index is 0.218. The van der Waals surface area contributed by atoms with Gasteiger partial charge in [-0.1, -0.05) is 6.07 Å². The fraction of sp³-hybridized carbons (Fsp3) is 0.385. The Morgan fingerprint density at radius 3 is 2.76 bits per heavy atom. The SMILES string of the molecule is OC(CCCc1cccs1)Cc1sccc1Br. The van der Waals surface area contributed by atoms with Gasteiger partial charge in [0.2, 0.25) is 0 Å². The van der Waals surface area contributed by atoms with Crippen molar-refractivity contribution in [3.05, 3.63) is 43.2 Å². The van der Waals surface area contributed by atoms with E-state index in [0.717, 1.165) is 30.2 Å². The molecule has 0 spiro atoms. The first-order chi connectivity index (χ1) is 8.25. The first-order valence-electron chi connectivity index (χ1n) is 5.68. The molecule has 1 unspecified atom stereocenters. The van der Waals surface area contributed by atoms with Crippen LogP contribution in [0.25, 0.3) is 0 Å². The highest BCUT2D eigenvalue weighted by atomic mass is 79.9. The van der Waals surface area contributed by atoms with Crippen molar-refractivity contribution in [2.45, 2.75) is 31.8 Å². The molecule has 2 aromatic rings. The van der Waals surface area contributed by atoms with Crippen molar-refractivity contribution in [3.8, 4) is 0 Å². The van der Waals surface area contributed by atoms with E-state index in [-0.39, 0.29) is 6.10 Å². The summed E-state index contributed by atoms with van der Waals surface area (Å²) in [5.74, 6) is 0. The maximum Gasteiger partial charge on any atom is 0.0589 e. The second kappa shape index (κ2) is 6.69. The lowest BCUT2D eigenvalue weighted by molar-refractivity contribution is 0.163. The van der Waals surface area contributed by atoms with Crippen LogP contribution >= 0.6 is 38.6 Å². The minimum atomic E-state index is -0.218. The molecular formula is C13H15BrOS2. The molecule has 0 aliphatic carbocycles. The Morgan fingerprint density at radius 2 is 2.12 bits per heavy atom. The average molecular weight is 331 g/mol. The molecule has 0 aliphatic heterocycles. The first-order valence-corrected chi connectivity index (χ1v) is 8.23. The van der Waals surface area contributed by atoms with Gasteiger partial charge in [-0.15, -0.1) is 22.7 Å². The van der Waals surface area contributed by atoms with E-state index in [2.05, 4.69) is 38.8 Å². The molecule has 2 rings (SSSR count). The van der Waals surface area contributed by atoms with E-state index < -0.39 is 0 Å². The molecule has 1 N–H and O–H groups in total. The zero-order valence-electron chi connectivity index (χ0n) is 9.43. The van der Waals surface area contributed by atoms with E-state index in [1.165, 1.54) is 9.75 Å². The number of hydrogen-bond acceptors (Lipinski definition) is 3. The molecule has 4 heteroatoms. The summed E-state index contributed by atoms with van der Waals surface area (Å²) >= 11 is 7.00. The van der Waals surface area contributed by atoms with Gasteiger partial charge in [0.05, 0.1) is 6.10 Å². The van der Waals surface area contributed by atoms with Gasteiger partial charge in [0, 0.05) is 20.6 Å². The van der Waals surface area contributed by atoms with E-state index >= 15 is 0 Å². The molecule has 0 aromatic carbocycles. The summed E-state index contributed by atoms with van der Waals surface area (Å²) in [6.45, 7) is 0. The lowest BCUT2D eigenvalue weighted by Crippen LogP contribution is -2.09. The fourth-order valence-corrected chi connectivity index (χ4v) is 4.09. The number of aryl methyl sites for hydroxylation is 1. The highest BCUT2D eigenvalue weighted by Gasteiger charge is 2.09. The van der Waals surface area contributed by atoms with Crippen LogP contribution < -0.4 is 0 Å². The third kappa shape index (κ3) is 4.21. The van der Waals surface area contributed by atoms with E-state index in [4.69, 9.17) is 0 Å². The molecule has 2 aromatic heterocycles. The summed E-state index contributed by atoms with van der Waals surface area (Å²) in [5.41, 5.74) is 0. The van der Waals surface area contributed by atoms with Gasteiger partial charge >= 0.3 is 0 Å². The predicted molar refractivity (Wildman–Crippen MR) is 79.0 cm³/mol. The Labute approximate surface area is 118 Å². The van der Waals surface area contributed by atoms with Crippen LogP contribution in [-0.4, -0.2) is 11.2 Å². The molecule has 1 atom stereocenters. The zero-order valence-corrected chi connectivity index (χ0v) is 12.7. The second-order valence-electron chi connectivity index (χ2n) is 4.02. The summed E-state index contributed by atoms with van der Waals surface area (Å²) in [4.78, 5) is 2.66. The van der Waals surface area contributed by atoms with E-state index in [1.807, 2.05) is 6.07 Å². The molecule has 0 fully saturated rings. The van der Waals surface area contributed by atoms with Gasteiger partial charge in [0.25, 0.3) is 0 Å². The quantitative estimate of drug-likeness (QED) is 0.826. The Balaban J connectivity index is 1.71. The third-order valence-electron chi connectivity index (χ3n) is 2.65. The van der Waals surface area contributed by atoms with E-state index in [0.29, 0.717) is 0 Å². The minimum Gasteiger partial charge on any atom is -0.393 e. The molecule has 0 saturated heterocycles. The van der Waals surface area contributed by atoms with Crippen LogP contribution in [0, 0.1) is 0 Å². The van der Waals surface area contributed by atoms with Gasteiger partial charge in [-0.2, -0.15) is 0 Å². The van der Waals surface area contributed by atoms with Crippen molar-refractivity contribution >= 4 is 38.6 Å². The van der Waals surface area contributed by atoms with Gasteiger partial charge in [0.1, 0.15) is 0 Å². The van der Waals surface area contributed by atoms with E-state index in [1.54, 1.807) is 22.7 Å². The highest BCUT2D eigenvalue weighted by Crippen LogP contribution is 2.25. The summed E-state index contributed by atoms with van der Waals surface area (Å²) in [5, 5.41) is 14.1. The molecule has 92 valence electrons. The van der Waals surface area contributed by atoms with Crippen molar-refractivity contribution < 1.29 is 5.11 Å². The molecule has 0 radical (unpaired) electrons. The molecule has 17 heavy (non-hydrogen) atoms. The third-order valence-corrected chi connectivity index (χ3v) is 5.54. The second-order valence-corrected chi connectivity index (χ2v) is 6.91. The Bertz CT molecular complexity index is 436. The number of rotatable bonds is 6. The zero-order chi connectivity index (χ0) is 12.1. The summed E-state index contributed by atoms with van der Waals surface area (Å²) in [6.07, 6.45) is 3.57. The van der Waals surface area contributed by atoms with Gasteiger partial charge in [0.15, 0.2) is 0 Å². The Hall–Kier alpha value is -0.160. The van der Waals surface area contributed by atoms with Crippen LogP contribution in [0.5, 0.6) is 0 Å². The van der Waals surface area contributed by atoms with Gasteiger partial charge in [-0.05, 0) is 58.1 Å². The van der Waals surface area contributed by atoms with Crippen LogP contribution in [0.2, 0.25) is 0 Å². The first kappa shape index (κ1) is 13.3. The van der Waals surface area contributed by atoms with Crippen LogP contribution in [-0.2, 0) is 12.8 Å². The monoisotopic (exact) mass is 330 g/mol. The molecule has 0 bridgehead atoms. The van der Waals surface area contributed by atoms with Gasteiger partial charge in [-0.3, -0.25) is 0 Å². The van der Waals surface area contributed by atoms with Crippen molar-refractivity contribution in [2.75, 3.05) is 0 Å². The molecule has 2 heterocycles. The number of aliphatic hydroxyl groups is 1. The average Bonchev–Trinajstić information content (AvgIpc) is 2.92. The summed E-state index contributed by atoms with van der Waals surface area (Å²) in [7, 11) is 0. The Kier molecular flexibility index (Phi) is 5.22. The number of halogens is 1. The van der Waals surface area contributed by atoms with Gasteiger partial charge < -0.3 is 5.11 Å². The smallest absolute Gasteiger partial charge is 0.0589 e. The lowest BCUT2D eigenvalue weighted by atomic mass is 10.1. The number of thiophene rings is 2. The largest absolute Gasteiger partial charge is 0.393 e. The molecule has 0 aliphatic rings. The lowest BCUT2D eigenvalue weighted by Gasteiger charge is -2.09. The number of aliphatic hydroxyl groups excluding tert-OH is 1. The molecule has 0 saturated carbocycles. The summed E-state index contributed by atoms with van der Waals surface area (Å²) < 4.78 is 1.12. The topological polar surface area (TPSA) is 20.2 Å². The molecule has 1 nitrogen and oxygen atoms in total. The van der Waals surface area contributed by atoms with Crippen LogP contribution in [0.4, 0.5) is 0 Å². The molecular weight excluding hydrogens is 316 g/mol. The van der Waals surface area contributed by atoms with Crippen molar-refractivity contribution in [1.29, 1.82) is 0 Å². The molecule has 0 amide bonds. The maximum atomic E-state index is 9.96. The normalized spacial score (nSPS) is 12.8. The predicted octanol–water partition coefficient (Wildman–Crippen LogP) is 4.50. The standard InChI is InChI=1S/C13H15BrOS2/c14-12-6-8-17-13(12)9-10(15)3-1-4-11-5-2-7-16-11/h2,5-8,10,15H,1,3-4,9H2. The van der Waals surface area contributed by atoms with E-state index in [9.17, 15) is 5.11 Å². The maximum absolute atomic E-state index is 9.96. The highest BCUT2D eigenvalue weighted by molar-refractivity contribution is 9.10. The van der Waals surface area contributed by atoms with Crippen molar-refractivity contribution in [1.82, 2.24) is 0 Å². The van der Waals surface area contributed by atoms with Crippen LogP contribution in [0.15, 0.2) is 33.4 Å². The van der Waals surface area contributed by atoms with Gasteiger partial charge in [-0.25, -0.2) is 0 Å². The van der Waals surface area contributed by atoms with Crippen LogP contribution in [0.1, 0.15) is 22.6 Å². The van der Waals surface area contributed by atoms with Crippen LogP contribution in [0.3, 0.4) is 0 Å². The van der Waals surface area contributed by atoms with Crippen molar-refractivity contribution in [2.24, 2.45) is 0 Å².